The van der Waals surface area contributed by atoms with E-state index >= 15 is 0 Å². The van der Waals surface area contributed by atoms with Crippen molar-refractivity contribution in [3.8, 4) is 0 Å². The van der Waals surface area contributed by atoms with Crippen molar-refractivity contribution in [3.05, 3.63) is 45.2 Å². The van der Waals surface area contributed by atoms with Gasteiger partial charge in [0.2, 0.25) is 11.6 Å². The van der Waals surface area contributed by atoms with Crippen LogP contribution < -0.4 is 10.9 Å². The van der Waals surface area contributed by atoms with Crippen LogP contribution in [0, 0.1) is 0 Å². The molecule has 0 amide bonds. The molecule has 0 bridgehead atoms. The number of rotatable bonds is 4. The van der Waals surface area contributed by atoms with Gasteiger partial charge in [0.05, 0.1) is 0 Å². The van der Waals surface area contributed by atoms with Crippen molar-refractivity contribution in [1.29, 1.82) is 0 Å². The average molecular weight is 353 g/mol. The maximum Gasteiger partial charge on any atom is 0.274 e. The monoisotopic (exact) mass is 352 g/mol. The molecule has 0 aliphatic rings. The van der Waals surface area contributed by atoms with Crippen LogP contribution in [0.15, 0.2) is 33.8 Å². The smallest absolute Gasteiger partial charge is 0.274 e. The highest BCUT2D eigenvalue weighted by Gasteiger charge is 2.16. The lowest BCUT2D eigenvalue weighted by atomic mass is 10.2. The van der Waals surface area contributed by atoms with Gasteiger partial charge in [-0.05, 0) is 35.0 Å². The van der Waals surface area contributed by atoms with Gasteiger partial charge in [-0.15, -0.1) is 0 Å². The molecule has 0 spiro atoms. The number of Topliss-reactive ketones (excluding diaryl/α,β-unsaturated/α-hetero) is 1. The first-order valence-electron chi connectivity index (χ1n) is 6.07. The van der Waals surface area contributed by atoms with E-state index in [1.54, 1.807) is 19.3 Å². The van der Waals surface area contributed by atoms with Gasteiger partial charge < -0.3 is 15.0 Å². The molecular weight excluding hydrogens is 340 g/mol. The highest BCUT2D eigenvalue weighted by molar-refractivity contribution is 9.10. The van der Waals surface area contributed by atoms with Crippen molar-refractivity contribution in [2.24, 2.45) is 7.05 Å². The maximum atomic E-state index is 12.0. The van der Waals surface area contributed by atoms with E-state index in [1.165, 1.54) is 23.8 Å². The Bertz CT molecular complexity index is 742. The molecule has 2 N–H and O–H groups in total. The van der Waals surface area contributed by atoms with Gasteiger partial charge in [0.1, 0.15) is 17.6 Å². The molecule has 0 aliphatic carbocycles. The molecule has 21 heavy (non-hydrogen) atoms. The van der Waals surface area contributed by atoms with Crippen LogP contribution in [0.4, 0.5) is 11.5 Å². The van der Waals surface area contributed by atoms with Gasteiger partial charge in [0.25, 0.3) is 5.56 Å². The highest BCUT2D eigenvalue weighted by atomic mass is 79.9. The first-order chi connectivity index (χ1) is 9.88. The van der Waals surface area contributed by atoms with Gasteiger partial charge in [-0.1, -0.05) is 0 Å². The second kappa shape index (κ2) is 6.15. The van der Waals surface area contributed by atoms with Crippen LogP contribution in [-0.2, 0) is 7.05 Å². The van der Waals surface area contributed by atoms with Crippen molar-refractivity contribution in [1.82, 2.24) is 14.5 Å². The number of pyridine rings is 1. The zero-order valence-electron chi connectivity index (χ0n) is 11.4. The third kappa shape index (κ3) is 3.53. The van der Waals surface area contributed by atoms with Crippen molar-refractivity contribution < 1.29 is 9.90 Å². The summed E-state index contributed by atoms with van der Waals surface area (Å²) >= 11 is 3.30. The molecule has 0 saturated carbocycles. The summed E-state index contributed by atoms with van der Waals surface area (Å²) in [5.41, 5.74) is 0.0706. The number of nitrogens with one attached hydrogen (secondary N) is 1. The van der Waals surface area contributed by atoms with Gasteiger partial charge in [0, 0.05) is 23.9 Å². The lowest BCUT2D eigenvalue weighted by Gasteiger charge is -2.08. The molecular formula is C13H13BrN4O3. The predicted molar refractivity (Wildman–Crippen MR) is 80.7 cm³/mol. The Morgan fingerprint density at radius 1 is 1.52 bits per heavy atom. The lowest BCUT2D eigenvalue weighted by molar-refractivity contribution is 0.0768. The number of hydrogen-bond acceptors (Lipinski definition) is 6. The maximum absolute atomic E-state index is 12.0. The zero-order chi connectivity index (χ0) is 15.6. The fourth-order valence-corrected chi connectivity index (χ4v) is 2.17. The SMILES string of the molecule is CC(O)C(=O)c1nccc(Nc2cc(Br)cn(C)c2=O)n1. The Hall–Kier alpha value is -2.06. The van der Waals surface area contributed by atoms with E-state index in [0.717, 1.165) is 4.47 Å². The van der Waals surface area contributed by atoms with Gasteiger partial charge in [-0.2, -0.15) is 0 Å². The highest BCUT2D eigenvalue weighted by Crippen LogP contribution is 2.15. The minimum Gasteiger partial charge on any atom is -0.385 e. The van der Waals surface area contributed by atoms with E-state index in [2.05, 4.69) is 31.2 Å². The standard InChI is InChI=1S/C13H13BrN4O3/c1-7(19)11(20)12-15-4-3-10(17-12)16-9-5-8(14)6-18(2)13(9)21/h3-7,19H,1-2H3,(H,15,16,17). The molecule has 2 aromatic heterocycles. The molecule has 1 atom stereocenters. The van der Waals surface area contributed by atoms with Gasteiger partial charge >= 0.3 is 0 Å². The molecule has 0 radical (unpaired) electrons. The van der Waals surface area contributed by atoms with E-state index in [-0.39, 0.29) is 11.4 Å². The molecule has 2 aromatic rings. The average Bonchev–Trinajstić information content (AvgIpc) is 2.43. The van der Waals surface area contributed by atoms with Gasteiger partial charge in [0.15, 0.2) is 0 Å². The van der Waals surface area contributed by atoms with Crippen LogP contribution >= 0.6 is 15.9 Å². The van der Waals surface area contributed by atoms with E-state index in [0.29, 0.717) is 11.5 Å². The van der Waals surface area contributed by atoms with Crippen molar-refractivity contribution in [2.75, 3.05) is 5.32 Å². The third-order valence-electron chi connectivity index (χ3n) is 2.67. The number of aliphatic hydroxyl groups excluding tert-OH is 1. The van der Waals surface area contributed by atoms with Crippen molar-refractivity contribution >= 4 is 33.2 Å². The van der Waals surface area contributed by atoms with Gasteiger partial charge in [-0.25, -0.2) is 9.97 Å². The summed E-state index contributed by atoms with van der Waals surface area (Å²) in [6.45, 7) is 1.34. The van der Waals surface area contributed by atoms with Crippen LogP contribution in [0.2, 0.25) is 0 Å². The van der Waals surface area contributed by atoms with Crippen LogP contribution in [0.3, 0.4) is 0 Å². The number of ketones is 1. The molecule has 110 valence electrons. The molecule has 1 unspecified atom stereocenters. The largest absolute Gasteiger partial charge is 0.385 e. The summed E-state index contributed by atoms with van der Waals surface area (Å²) < 4.78 is 2.14. The number of hydrogen-bond donors (Lipinski definition) is 2. The fraction of sp³-hybridized carbons (Fsp3) is 0.231. The molecule has 0 aliphatic heterocycles. The van der Waals surface area contributed by atoms with E-state index in [1.807, 2.05) is 0 Å². The number of carbonyl (C=O) groups excluding carboxylic acids is 1. The Kier molecular flexibility index (Phi) is 4.49. The first kappa shape index (κ1) is 15.3. The molecule has 0 saturated heterocycles. The van der Waals surface area contributed by atoms with Crippen LogP contribution in [0.1, 0.15) is 17.5 Å². The Morgan fingerprint density at radius 3 is 2.90 bits per heavy atom. The van der Waals surface area contributed by atoms with Crippen LogP contribution in [0.5, 0.6) is 0 Å². The first-order valence-corrected chi connectivity index (χ1v) is 6.86. The molecule has 0 aromatic carbocycles. The number of halogens is 1. The molecule has 2 rings (SSSR count). The van der Waals surface area contributed by atoms with Crippen molar-refractivity contribution in [3.63, 3.8) is 0 Å². The minimum atomic E-state index is -1.18. The summed E-state index contributed by atoms with van der Waals surface area (Å²) in [7, 11) is 1.63. The zero-order valence-corrected chi connectivity index (χ0v) is 13.0. The van der Waals surface area contributed by atoms with Crippen LogP contribution in [-0.4, -0.2) is 31.5 Å². The predicted octanol–water partition coefficient (Wildman–Crippen LogP) is 1.24. The topological polar surface area (TPSA) is 97.1 Å². The number of anilines is 2. The molecule has 2 heterocycles. The Morgan fingerprint density at radius 2 is 2.24 bits per heavy atom. The normalized spacial score (nSPS) is 12.0. The van der Waals surface area contributed by atoms with E-state index in [9.17, 15) is 14.7 Å². The third-order valence-corrected chi connectivity index (χ3v) is 3.10. The molecule has 7 nitrogen and oxygen atoms in total. The van der Waals surface area contributed by atoms with E-state index < -0.39 is 11.9 Å². The summed E-state index contributed by atoms with van der Waals surface area (Å²) in [5.74, 6) is -0.396. The van der Waals surface area contributed by atoms with E-state index in [4.69, 9.17) is 0 Å². The number of nitrogens with zero attached hydrogens (tertiary/aromatic N) is 3. The Labute approximate surface area is 128 Å². The van der Waals surface area contributed by atoms with Gasteiger partial charge in [-0.3, -0.25) is 9.59 Å². The van der Waals surface area contributed by atoms with Crippen LogP contribution in [0.25, 0.3) is 0 Å². The summed E-state index contributed by atoms with van der Waals surface area (Å²) in [4.78, 5) is 31.4. The summed E-state index contributed by atoms with van der Waals surface area (Å²) in [6.07, 6.45) is 1.84. The number of aryl methyl sites for hydroxylation is 1. The fourth-order valence-electron chi connectivity index (χ4n) is 1.63. The minimum absolute atomic E-state index is 0.109. The number of aliphatic hydroxyl groups is 1. The van der Waals surface area contributed by atoms with Crippen molar-refractivity contribution in [2.45, 2.75) is 13.0 Å². The Balaban J connectivity index is 2.35. The second-order valence-electron chi connectivity index (χ2n) is 4.42. The summed E-state index contributed by atoms with van der Waals surface area (Å²) in [6, 6.07) is 3.14. The number of aromatic nitrogens is 3. The lowest BCUT2D eigenvalue weighted by Crippen LogP contribution is -2.21. The quantitative estimate of drug-likeness (QED) is 0.803. The molecule has 0 fully saturated rings. The summed E-state index contributed by atoms with van der Waals surface area (Å²) in [5, 5.41) is 12.1. The number of carbonyl (C=O) groups is 1. The molecule has 8 heteroatoms. The second-order valence-corrected chi connectivity index (χ2v) is 5.33.